The molecule has 4 nitrogen and oxygen atoms in total. The van der Waals surface area contributed by atoms with E-state index in [1.54, 1.807) is 12.3 Å². The second-order valence-electron chi connectivity index (χ2n) is 4.62. The van der Waals surface area contributed by atoms with E-state index in [1.807, 2.05) is 54.6 Å². The standard InChI is InChI=1S/C17H15N3OS/c22-15-9-5-4-6-13(15)12-19-16-10-11-18-17(20-16)21-14-7-2-1-3-8-14/h1-11,22H,12H2,(H,18,19,20). The zero-order valence-electron chi connectivity index (χ0n) is 11.8. The Kier molecular flexibility index (Phi) is 4.56. The number of rotatable bonds is 5. The summed E-state index contributed by atoms with van der Waals surface area (Å²) in [7, 11) is 0. The van der Waals surface area contributed by atoms with E-state index in [4.69, 9.17) is 4.74 Å². The molecule has 22 heavy (non-hydrogen) atoms. The van der Waals surface area contributed by atoms with E-state index in [2.05, 4.69) is 27.9 Å². The largest absolute Gasteiger partial charge is 0.424 e. The van der Waals surface area contributed by atoms with Crippen LogP contribution in [0.4, 0.5) is 5.82 Å². The van der Waals surface area contributed by atoms with Gasteiger partial charge in [0.15, 0.2) is 0 Å². The number of benzene rings is 2. The number of hydrogen-bond acceptors (Lipinski definition) is 5. The van der Waals surface area contributed by atoms with Crippen molar-refractivity contribution in [2.75, 3.05) is 5.32 Å². The fraction of sp³-hybridized carbons (Fsp3) is 0.0588. The van der Waals surface area contributed by atoms with E-state index in [1.165, 1.54) is 0 Å². The number of anilines is 1. The van der Waals surface area contributed by atoms with Crippen molar-refractivity contribution >= 4 is 18.4 Å². The molecule has 0 atom stereocenters. The van der Waals surface area contributed by atoms with Gasteiger partial charge < -0.3 is 10.1 Å². The first-order valence-electron chi connectivity index (χ1n) is 6.88. The Bertz CT molecular complexity index is 750. The first kappa shape index (κ1) is 14.4. The monoisotopic (exact) mass is 309 g/mol. The third-order valence-electron chi connectivity index (χ3n) is 3.04. The molecule has 110 valence electrons. The summed E-state index contributed by atoms with van der Waals surface area (Å²) in [5.74, 6) is 1.41. The SMILES string of the molecule is Sc1ccccc1CNc1ccnc(Oc2ccccc2)n1. The molecule has 0 saturated heterocycles. The minimum Gasteiger partial charge on any atom is -0.424 e. The lowest BCUT2D eigenvalue weighted by molar-refractivity contribution is 0.442. The van der Waals surface area contributed by atoms with Gasteiger partial charge in [-0.3, -0.25) is 0 Å². The lowest BCUT2D eigenvalue weighted by atomic mass is 10.2. The van der Waals surface area contributed by atoms with E-state index in [0.717, 1.165) is 10.5 Å². The molecule has 0 spiro atoms. The van der Waals surface area contributed by atoms with Crippen LogP contribution in [0.5, 0.6) is 11.8 Å². The molecule has 0 saturated carbocycles. The summed E-state index contributed by atoms with van der Waals surface area (Å²) in [5, 5.41) is 3.25. The summed E-state index contributed by atoms with van der Waals surface area (Å²) in [4.78, 5) is 9.41. The van der Waals surface area contributed by atoms with Gasteiger partial charge in [0.2, 0.25) is 0 Å². The van der Waals surface area contributed by atoms with Crippen LogP contribution in [0.15, 0.2) is 71.8 Å². The van der Waals surface area contributed by atoms with Crippen molar-refractivity contribution in [1.82, 2.24) is 9.97 Å². The van der Waals surface area contributed by atoms with Crippen molar-refractivity contribution in [2.24, 2.45) is 0 Å². The second kappa shape index (κ2) is 6.95. The van der Waals surface area contributed by atoms with Crippen LogP contribution in [0.3, 0.4) is 0 Å². The molecule has 0 aliphatic rings. The Balaban J connectivity index is 1.68. The molecule has 0 radical (unpaired) electrons. The van der Waals surface area contributed by atoms with Gasteiger partial charge in [-0.15, -0.1) is 12.6 Å². The Morgan fingerprint density at radius 2 is 1.73 bits per heavy atom. The van der Waals surface area contributed by atoms with Crippen molar-refractivity contribution in [3.8, 4) is 11.8 Å². The lowest BCUT2D eigenvalue weighted by Crippen LogP contribution is -2.03. The van der Waals surface area contributed by atoms with Crippen LogP contribution in [-0.2, 0) is 6.54 Å². The van der Waals surface area contributed by atoms with E-state index in [9.17, 15) is 0 Å². The maximum Gasteiger partial charge on any atom is 0.323 e. The molecule has 1 heterocycles. The Morgan fingerprint density at radius 3 is 2.55 bits per heavy atom. The fourth-order valence-electron chi connectivity index (χ4n) is 1.93. The number of aromatic nitrogens is 2. The minimum atomic E-state index is 0.315. The van der Waals surface area contributed by atoms with Gasteiger partial charge in [-0.1, -0.05) is 36.4 Å². The van der Waals surface area contributed by atoms with Crippen LogP contribution in [0, 0.1) is 0 Å². The highest BCUT2D eigenvalue weighted by atomic mass is 32.1. The van der Waals surface area contributed by atoms with Crippen molar-refractivity contribution in [2.45, 2.75) is 11.4 Å². The van der Waals surface area contributed by atoms with Crippen LogP contribution in [0.2, 0.25) is 0 Å². The molecule has 1 aromatic heterocycles. The van der Waals surface area contributed by atoms with E-state index in [-0.39, 0.29) is 0 Å². The van der Waals surface area contributed by atoms with Gasteiger partial charge in [-0.2, -0.15) is 4.98 Å². The third-order valence-corrected chi connectivity index (χ3v) is 3.47. The van der Waals surface area contributed by atoms with E-state index >= 15 is 0 Å². The summed E-state index contributed by atoms with van der Waals surface area (Å²) < 4.78 is 5.62. The van der Waals surface area contributed by atoms with Crippen LogP contribution in [0.25, 0.3) is 0 Å². The topological polar surface area (TPSA) is 47.0 Å². The van der Waals surface area contributed by atoms with Gasteiger partial charge in [0, 0.05) is 17.6 Å². The molecule has 0 aliphatic carbocycles. The smallest absolute Gasteiger partial charge is 0.323 e. The predicted molar refractivity (Wildman–Crippen MR) is 89.6 cm³/mol. The number of hydrogen-bond donors (Lipinski definition) is 2. The number of ether oxygens (including phenoxy) is 1. The molecule has 0 unspecified atom stereocenters. The van der Waals surface area contributed by atoms with Crippen LogP contribution in [0.1, 0.15) is 5.56 Å². The molecule has 0 aliphatic heterocycles. The first-order valence-corrected chi connectivity index (χ1v) is 7.33. The fourth-order valence-corrected chi connectivity index (χ4v) is 2.17. The number of nitrogens with zero attached hydrogens (tertiary/aromatic N) is 2. The summed E-state index contributed by atoms with van der Waals surface area (Å²) in [5.41, 5.74) is 1.11. The highest BCUT2D eigenvalue weighted by Crippen LogP contribution is 2.19. The summed E-state index contributed by atoms with van der Waals surface area (Å²) in [6.45, 7) is 0.640. The summed E-state index contributed by atoms with van der Waals surface area (Å²) in [6, 6.07) is 19.5. The second-order valence-corrected chi connectivity index (χ2v) is 5.10. The van der Waals surface area contributed by atoms with E-state index < -0.39 is 0 Å². The average molecular weight is 309 g/mol. The van der Waals surface area contributed by atoms with Crippen molar-refractivity contribution < 1.29 is 4.74 Å². The quantitative estimate of drug-likeness (QED) is 0.694. The van der Waals surface area contributed by atoms with Gasteiger partial charge in [0.05, 0.1) is 0 Å². The average Bonchev–Trinajstić information content (AvgIpc) is 2.55. The summed E-state index contributed by atoms with van der Waals surface area (Å²) in [6.07, 6.45) is 1.67. The zero-order valence-corrected chi connectivity index (χ0v) is 12.7. The Morgan fingerprint density at radius 1 is 0.955 bits per heavy atom. The van der Waals surface area contributed by atoms with E-state index in [0.29, 0.717) is 24.1 Å². The van der Waals surface area contributed by atoms with Crippen LogP contribution < -0.4 is 10.1 Å². The maximum absolute atomic E-state index is 5.62. The van der Waals surface area contributed by atoms with Gasteiger partial charge >= 0.3 is 6.01 Å². The van der Waals surface area contributed by atoms with Gasteiger partial charge in [0.25, 0.3) is 0 Å². The highest BCUT2D eigenvalue weighted by Gasteiger charge is 2.03. The van der Waals surface area contributed by atoms with Crippen molar-refractivity contribution in [1.29, 1.82) is 0 Å². The molecule has 0 fully saturated rings. The molecular formula is C17H15N3OS. The van der Waals surface area contributed by atoms with Crippen molar-refractivity contribution in [3.63, 3.8) is 0 Å². The number of nitrogens with one attached hydrogen (secondary N) is 1. The maximum atomic E-state index is 5.62. The van der Waals surface area contributed by atoms with Crippen LogP contribution >= 0.6 is 12.6 Å². The third kappa shape index (κ3) is 3.77. The molecular weight excluding hydrogens is 294 g/mol. The number of para-hydroxylation sites is 1. The van der Waals surface area contributed by atoms with Crippen LogP contribution in [-0.4, -0.2) is 9.97 Å². The van der Waals surface area contributed by atoms with Gasteiger partial charge in [0.1, 0.15) is 11.6 Å². The highest BCUT2D eigenvalue weighted by molar-refractivity contribution is 7.80. The molecule has 5 heteroatoms. The number of thiol groups is 1. The lowest BCUT2D eigenvalue weighted by Gasteiger charge is -2.09. The Hall–Kier alpha value is -2.53. The van der Waals surface area contributed by atoms with Gasteiger partial charge in [-0.05, 0) is 29.8 Å². The normalized spacial score (nSPS) is 10.2. The molecule has 2 aromatic carbocycles. The molecule has 0 bridgehead atoms. The van der Waals surface area contributed by atoms with Gasteiger partial charge in [-0.25, -0.2) is 4.98 Å². The Labute approximate surface area is 134 Å². The molecule has 1 N–H and O–H groups in total. The zero-order chi connectivity index (χ0) is 15.2. The van der Waals surface area contributed by atoms with Crippen molar-refractivity contribution in [3.05, 3.63) is 72.4 Å². The minimum absolute atomic E-state index is 0.315. The molecule has 3 rings (SSSR count). The summed E-state index contributed by atoms with van der Waals surface area (Å²) >= 11 is 4.43. The first-order chi connectivity index (χ1) is 10.8. The molecule has 3 aromatic rings. The predicted octanol–water partition coefficient (Wildman–Crippen LogP) is 4.17. The molecule has 0 amide bonds.